The van der Waals surface area contributed by atoms with Crippen molar-refractivity contribution in [3.05, 3.63) is 49.6 Å². The van der Waals surface area contributed by atoms with E-state index in [1.807, 2.05) is 0 Å². The second kappa shape index (κ2) is 5.21. The molecule has 0 fully saturated rings. The van der Waals surface area contributed by atoms with E-state index >= 15 is 0 Å². The van der Waals surface area contributed by atoms with E-state index in [2.05, 4.69) is 15.9 Å². The molecule has 2 rings (SSSR count). The highest BCUT2D eigenvalue weighted by Crippen LogP contribution is 2.29. The molecule has 0 bridgehead atoms. The van der Waals surface area contributed by atoms with Crippen LogP contribution in [0, 0.1) is 0 Å². The SMILES string of the molecule is COc1ccc(C(=O)c2sccc2Cl)c(Br)c1. The van der Waals surface area contributed by atoms with Gasteiger partial charge in [-0.1, -0.05) is 11.6 Å². The molecule has 0 amide bonds. The van der Waals surface area contributed by atoms with Crippen molar-refractivity contribution in [3.8, 4) is 5.75 Å². The minimum atomic E-state index is -0.0838. The van der Waals surface area contributed by atoms with Gasteiger partial charge in [-0.15, -0.1) is 11.3 Å². The summed E-state index contributed by atoms with van der Waals surface area (Å²) in [5.74, 6) is 0.616. The number of thiophene rings is 1. The molecular weight excluding hydrogens is 324 g/mol. The molecular formula is C12H8BrClO2S. The summed E-state index contributed by atoms with van der Waals surface area (Å²) in [5, 5.41) is 2.29. The van der Waals surface area contributed by atoms with Gasteiger partial charge in [0, 0.05) is 10.0 Å². The molecule has 0 saturated carbocycles. The largest absolute Gasteiger partial charge is 0.497 e. The molecule has 1 heterocycles. The molecule has 0 aliphatic carbocycles. The number of hydrogen-bond donors (Lipinski definition) is 0. The van der Waals surface area contributed by atoms with Crippen molar-refractivity contribution in [1.29, 1.82) is 0 Å². The normalized spacial score (nSPS) is 10.3. The van der Waals surface area contributed by atoms with Crippen LogP contribution in [0.2, 0.25) is 5.02 Å². The Balaban J connectivity index is 2.41. The van der Waals surface area contributed by atoms with Crippen LogP contribution < -0.4 is 4.74 Å². The molecule has 1 aromatic heterocycles. The van der Waals surface area contributed by atoms with E-state index in [0.29, 0.717) is 25.7 Å². The predicted molar refractivity (Wildman–Crippen MR) is 73.5 cm³/mol. The van der Waals surface area contributed by atoms with E-state index in [1.165, 1.54) is 11.3 Å². The molecule has 17 heavy (non-hydrogen) atoms. The van der Waals surface area contributed by atoms with Gasteiger partial charge in [-0.2, -0.15) is 0 Å². The van der Waals surface area contributed by atoms with Crippen molar-refractivity contribution < 1.29 is 9.53 Å². The fourth-order valence-electron chi connectivity index (χ4n) is 1.39. The van der Waals surface area contributed by atoms with E-state index < -0.39 is 0 Å². The molecule has 0 atom stereocenters. The molecule has 0 N–H and O–H groups in total. The molecule has 88 valence electrons. The summed E-state index contributed by atoms with van der Waals surface area (Å²) < 4.78 is 5.78. The fourth-order valence-corrected chi connectivity index (χ4v) is 3.02. The topological polar surface area (TPSA) is 26.3 Å². The van der Waals surface area contributed by atoms with E-state index in [1.54, 1.807) is 36.8 Å². The Hall–Kier alpha value is -0.840. The molecule has 0 radical (unpaired) electrons. The van der Waals surface area contributed by atoms with Gasteiger partial charge in [-0.25, -0.2) is 0 Å². The molecule has 1 aromatic carbocycles. The molecule has 2 aromatic rings. The Morgan fingerprint density at radius 3 is 2.71 bits per heavy atom. The zero-order valence-corrected chi connectivity index (χ0v) is 12.0. The maximum atomic E-state index is 12.2. The summed E-state index contributed by atoms with van der Waals surface area (Å²) in [6.45, 7) is 0. The molecule has 0 aliphatic heterocycles. The summed E-state index contributed by atoms with van der Waals surface area (Å²) in [7, 11) is 1.58. The average molecular weight is 332 g/mol. The molecule has 5 heteroatoms. The van der Waals surface area contributed by atoms with Gasteiger partial charge in [0.15, 0.2) is 0 Å². The standard InChI is InChI=1S/C12H8BrClO2S/c1-16-7-2-3-8(9(13)6-7)11(15)12-10(14)4-5-17-12/h2-6H,1H3. The number of halogens is 2. The van der Waals surface area contributed by atoms with Gasteiger partial charge in [0.25, 0.3) is 0 Å². The highest BCUT2D eigenvalue weighted by Gasteiger charge is 2.17. The monoisotopic (exact) mass is 330 g/mol. The van der Waals surface area contributed by atoms with Crippen LogP contribution in [-0.4, -0.2) is 12.9 Å². The second-order valence-corrected chi connectivity index (χ2v) is 5.45. The summed E-state index contributed by atoms with van der Waals surface area (Å²) >= 11 is 10.6. The number of ether oxygens (including phenoxy) is 1. The van der Waals surface area contributed by atoms with Gasteiger partial charge < -0.3 is 4.74 Å². The lowest BCUT2D eigenvalue weighted by molar-refractivity contribution is 0.104. The molecule has 0 saturated heterocycles. The van der Waals surface area contributed by atoms with Gasteiger partial charge in [0.2, 0.25) is 5.78 Å². The Kier molecular flexibility index (Phi) is 3.86. The third-order valence-electron chi connectivity index (χ3n) is 2.24. The maximum absolute atomic E-state index is 12.2. The van der Waals surface area contributed by atoms with E-state index in [9.17, 15) is 4.79 Å². The van der Waals surface area contributed by atoms with Crippen molar-refractivity contribution in [2.75, 3.05) is 7.11 Å². The van der Waals surface area contributed by atoms with Crippen LogP contribution in [0.4, 0.5) is 0 Å². The van der Waals surface area contributed by atoms with Crippen molar-refractivity contribution in [1.82, 2.24) is 0 Å². The van der Waals surface area contributed by atoms with Crippen LogP contribution in [-0.2, 0) is 0 Å². The summed E-state index contributed by atoms with van der Waals surface area (Å²) in [5.41, 5.74) is 0.579. The number of carbonyl (C=O) groups excluding carboxylic acids is 1. The zero-order valence-electron chi connectivity index (χ0n) is 8.87. The lowest BCUT2D eigenvalue weighted by Gasteiger charge is -2.05. The molecule has 0 aliphatic rings. The number of carbonyl (C=O) groups is 1. The van der Waals surface area contributed by atoms with Crippen LogP contribution >= 0.6 is 38.9 Å². The minimum absolute atomic E-state index is 0.0838. The first-order valence-electron chi connectivity index (χ1n) is 4.74. The third-order valence-corrected chi connectivity index (χ3v) is 4.24. The Morgan fingerprint density at radius 2 is 2.18 bits per heavy atom. The fraction of sp³-hybridized carbons (Fsp3) is 0.0833. The van der Waals surface area contributed by atoms with Crippen LogP contribution in [0.15, 0.2) is 34.1 Å². The lowest BCUT2D eigenvalue weighted by atomic mass is 10.1. The number of ketones is 1. The predicted octanol–water partition coefficient (Wildman–Crippen LogP) is 4.40. The smallest absolute Gasteiger partial charge is 0.205 e. The Morgan fingerprint density at radius 1 is 1.41 bits per heavy atom. The highest BCUT2D eigenvalue weighted by atomic mass is 79.9. The van der Waals surface area contributed by atoms with Crippen LogP contribution in [0.5, 0.6) is 5.75 Å². The number of rotatable bonds is 3. The highest BCUT2D eigenvalue weighted by molar-refractivity contribution is 9.10. The molecule has 0 unspecified atom stereocenters. The lowest BCUT2D eigenvalue weighted by Crippen LogP contribution is -2.00. The van der Waals surface area contributed by atoms with Gasteiger partial charge in [0.05, 0.1) is 17.0 Å². The molecule has 2 nitrogen and oxygen atoms in total. The number of benzene rings is 1. The van der Waals surface area contributed by atoms with Crippen LogP contribution in [0.25, 0.3) is 0 Å². The summed E-state index contributed by atoms with van der Waals surface area (Å²) in [6, 6.07) is 6.95. The zero-order chi connectivity index (χ0) is 12.4. The second-order valence-electron chi connectivity index (χ2n) is 3.27. The van der Waals surface area contributed by atoms with Crippen molar-refractivity contribution >= 4 is 44.7 Å². The van der Waals surface area contributed by atoms with Gasteiger partial charge in [-0.05, 0) is 45.6 Å². The van der Waals surface area contributed by atoms with Gasteiger partial charge in [0.1, 0.15) is 5.75 Å². The maximum Gasteiger partial charge on any atom is 0.205 e. The van der Waals surface area contributed by atoms with Gasteiger partial charge >= 0.3 is 0 Å². The Bertz CT molecular complexity index is 565. The van der Waals surface area contributed by atoms with Crippen molar-refractivity contribution in [2.45, 2.75) is 0 Å². The summed E-state index contributed by atoms with van der Waals surface area (Å²) in [4.78, 5) is 12.8. The first-order chi connectivity index (χ1) is 8.13. The van der Waals surface area contributed by atoms with E-state index in [4.69, 9.17) is 16.3 Å². The first kappa shape index (κ1) is 12.6. The summed E-state index contributed by atoms with van der Waals surface area (Å²) in [6.07, 6.45) is 0. The third kappa shape index (κ3) is 2.54. The van der Waals surface area contributed by atoms with Crippen molar-refractivity contribution in [3.63, 3.8) is 0 Å². The number of hydrogen-bond acceptors (Lipinski definition) is 3. The van der Waals surface area contributed by atoms with Crippen LogP contribution in [0.3, 0.4) is 0 Å². The average Bonchev–Trinajstić information content (AvgIpc) is 2.74. The van der Waals surface area contributed by atoms with Crippen LogP contribution in [0.1, 0.15) is 15.2 Å². The van der Waals surface area contributed by atoms with Crippen molar-refractivity contribution in [2.24, 2.45) is 0 Å². The Labute approximate surface area is 116 Å². The number of methoxy groups -OCH3 is 1. The van der Waals surface area contributed by atoms with Gasteiger partial charge in [-0.3, -0.25) is 4.79 Å². The quantitative estimate of drug-likeness (QED) is 0.779. The first-order valence-corrected chi connectivity index (χ1v) is 6.79. The minimum Gasteiger partial charge on any atom is -0.497 e. The molecule has 0 spiro atoms. The van der Waals surface area contributed by atoms with E-state index in [0.717, 1.165) is 0 Å². The van der Waals surface area contributed by atoms with E-state index in [-0.39, 0.29) is 5.78 Å².